The van der Waals surface area contributed by atoms with Crippen LogP contribution in [0.15, 0.2) is 18.2 Å². The second kappa shape index (κ2) is 6.21. The SMILES string of the molecule is CCS(=O)(=O)CC(C)Nc1ccc(Cl)cc1[N+](=O)[O-]. The molecule has 106 valence electrons. The van der Waals surface area contributed by atoms with Gasteiger partial charge in [-0.05, 0) is 19.1 Å². The molecule has 0 fully saturated rings. The zero-order valence-electron chi connectivity index (χ0n) is 10.6. The van der Waals surface area contributed by atoms with Gasteiger partial charge in [0, 0.05) is 22.9 Å². The minimum Gasteiger partial charge on any atom is -0.376 e. The third-order valence-electron chi connectivity index (χ3n) is 2.50. The maximum Gasteiger partial charge on any atom is 0.293 e. The molecule has 19 heavy (non-hydrogen) atoms. The van der Waals surface area contributed by atoms with E-state index >= 15 is 0 Å². The molecule has 1 unspecified atom stereocenters. The molecule has 1 aromatic carbocycles. The fourth-order valence-electron chi connectivity index (χ4n) is 1.58. The Morgan fingerprint density at radius 3 is 2.63 bits per heavy atom. The number of hydrogen-bond acceptors (Lipinski definition) is 5. The van der Waals surface area contributed by atoms with Crippen LogP contribution in [-0.4, -0.2) is 30.9 Å². The summed E-state index contributed by atoms with van der Waals surface area (Å²) in [5, 5.41) is 14.0. The molecule has 1 N–H and O–H groups in total. The first-order valence-corrected chi connectivity index (χ1v) is 7.86. The number of nitrogens with zero attached hydrogens (tertiary/aromatic N) is 1. The van der Waals surface area contributed by atoms with Crippen molar-refractivity contribution in [2.45, 2.75) is 19.9 Å². The van der Waals surface area contributed by atoms with Gasteiger partial charge in [0.05, 0.1) is 10.7 Å². The van der Waals surface area contributed by atoms with E-state index in [1.165, 1.54) is 18.2 Å². The third kappa shape index (κ3) is 4.68. The standard InChI is InChI=1S/C11H15ClN2O4S/c1-3-19(17,18)7-8(2)13-10-5-4-9(12)6-11(10)14(15)16/h4-6,8,13H,3,7H2,1-2H3. The first kappa shape index (κ1) is 15.7. The lowest BCUT2D eigenvalue weighted by Crippen LogP contribution is -2.27. The number of anilines is 1. The summed E-state index contributed by atoms with van der Waals surface area (Å²) in [6.45, 7) is 3.22. The lowest BCUT2D eigenvalue weighted by molar-refractivity contribution is -0.384. The van der Waals surface area contributed by atoms with E-state index in [1.807, 2.05) is 0 Å². The number of halogens is 1. The Kier molecular flexibility index (Phi) is 5.13. The van der Waals surface area contributed by atoms with Crippen molar-refractivity contribution in [1.29, 1.82) is 0 Å². The van der Waals surface area contributed by atoms with Gasteiger partial charge >= 0.3 is 0 Å². The van der Waals surface area contributed by atoms with Gasteiger partial charge in [-0.1, -0.05) is 18.5 Å². The van der Waals surface area contributed by atoms with Crippen LogP contribution in [0.4, 0.5) is 11.4 Å². The number of nitrogens with one attached hydrogen (secondary N) is 1. The van der Waals surface area contributed by atoms with E-state index in [0.717, 1.165) is 0 Å². The summed E-state index contributed by atoms with van der Waals surface area (Å²) < 4.78 is 23.0. The number of nitro groups is 1. The molecule has 0 aliphatic carbocycles. The zero-order chi connectivity index (χ0) is 14.6. The van der Waals surface area contributed by atoms with Gasteiger partial charge in [-0.15, -0.1) is 0 Å². The molecule has 0 saturated heterocycles. The van der Waals surface area contributed by atoms with Gasteiger partial charge in [-0.2, -0.15) is 0 Å². The van der Waals surface area contributed by atoms with Gasteiger partial charge in [0.25, 0.3) is 5.69 Å². The molecule has 0 amide bonds. The summed E-state index contributed by atoms with van der Waals surface area (Å²) in [5.41, 5.74) is 0.0847. The van der Waals surface area contributed by atoms with Crippen molar-refractivity contribution >= 4 is 32.8 Å². The van der Waals surface area contributed by atoms with Gasteiger partial charge in [-0.3, -0.25) is 10.1 Å². The van der Waals surface area contributed by atoms with Crippen molar-refractivity contribution in [3.63, 3.8) is 0 Å². The molecule has 1 atom stereocenters. The van der Waals surface area contributed by atoms with E-state index < -0.39 is 20.8 Å². The molecule has 8 heteroatoms. The average molecular weight is 307 g/mol. The Morgan fingerprint density at radius 2 is 2.11 bits per heavy atom. The van der Waals surface area contributed by atoms with Crippen LogP contribution in [0.5, 0.6) is 0 Å². The first-order valence-electron chi connectivity index (χ1n) is 5.66. The van der Waals surface area contributed by atoms with Gasteiger partial charge in [0.15, 0.2) is 9.84 Å². The molecule has 0 bridgehead atoms. The molecule has 1 aromatic rings. The van der Waals surface area contributed by atoms with Crippen LogP contribution in [-0.2, 0) is 9.84 Å². The lowest BCUT2D eigenvalue weighted by atomic mass is 10.2. The fraction of sp³-hybridized carbons (Fsp3) is 0.455. The van der Waals surface area contributed by atoms with Crippen LogP contribution in [0.25, 0.3) is 0 Å². The van der Waals surface area contributed by atoms with Crippen LogP contribution in [0, 0.1) is 10.1 Å². The Balaban J connectivity index is 2.91. The third-order valence-corrected chi connectivity index (χ3v) is 4.62. The highest BCUT2D eigenvalue weighted by Gasteiger charge is 2.19. The molecular weight excluding hydrogens is 292 g/mol. The summed E-state index contributed by atoms with van der Waals surface area (Å²) in [4.78, 5) is 10.3. The molecule has 0 aliphatic rings. The fourth-order valence-corrected chi connectivity index (χ4v) is 2.83. The Labute approximate surface area is 116 Å². The van der Waals surface area contributed by atoms with E-state index in [1.54, 1.807) is 13.8 Å². The summed E-state index contributed by atoms with van der Waals surface area (Å²) in [6, 6.07) is 3.78. The molecular formula is C11H15ClN2O4S. The smallest absolute Gasteiger partial charge is 0.293 e. The summed E-state index contributed by atoms with van der Waals surface area (Å²) in [5.74, 6) is -0.0367. The molecule has 0 saturated carbocycles. The lowest BCUT2D eigenvalue weighted by Gasteiger charge is -2.15. The van der Waals surface area contributed by atoms with Crippen molar-refractivity contribution in [3.05, 3.63) is 33.3 Å². The largest absolute Gasteiger partial charge is 0.376 e. The molecule has 1 rings (SSSR count). The van der Waals surface area contributed by atoms with E-state index in [2.05, 4.69) is 5.32 Å². The molecule has 0 heterocycles. The first-order chi connectivity index (χ1) is 8.75. The second-order valence-electron chi connectivity index (χ2n) is 4.16. The van der Waals surface area contributed by atoms with Crippen molar-refractivity contribution in [3.8, 4) is 0 Å². The van der Waals surface area contributed by atoms with Gasteiger partial charge in [-0.25, -0.2) is 8.42 Å². The summed E-state index contributed by atoms with van der Waals surface area (Å²) in [6.07, 6.45) is 0. The zero-order valence-corrected chi connectivity index (χ0v) is 12.2. The van der Waals surface area contributed by atoms with Crippen molar-refractivity contribution < 1.29 is 13.3 Å². The highest BCUT2D eigenvalue weighted by molar-refractivity contribution is 7.91. The van der Waals surface area contributed by atoms with Crippen molar-refractivity contribution in [2.24, 2.45) is 0 Å². The van der Waals surface area contributed by atoms with E-state index in [-0.39, 0.29) is 27.9 Å². The Morgan fingerprint density at radius 1 is 1.47 bits per heavy atom. The van der Waals surface area contributed by atoms with Gasteiger partial charge in [0.2, 0.25) is 0 Å². The number of sulfone groups is 1. The van der Waals surface area contributed by atoms with Crippen LogP contribution < -0.4 is 5.32 Å². The molecule has 0 spiro atoms. The van der Waals surface area contributed by atoms with E-state index in [0.29, 0.717) is 0 Å². The van der Waals surface area contributed by atoms with Crippen LogP contribution in [0.1, 0.15) is 13.8 Å². The topological polar surface area (TPSA) is 89.3 Å². The maximum absolute atomic E-state index is 11.5. The quantitative estimate of drug-likeness (QED) is 0.644. The van der Waals surface area contributed by atoms with E-state index in [4.69, 9.17) is 11.6 Å². The van der Waals surface area contributed by atoms with Crippen LogP contribution >= 0.6 is 11.6 Å². The van der Waals surface area contributed by atoms with Crippen molar-refractivity contribution in [2.75, 3.05) is 16.8 Å². The van der Waals surface area contributed by atoms with Crippen molar-refractivity contribution in [1.82, 2.24) is 0 Å². The second-order valence-corrected chi connectivity index (χ2v) is 7.00. The molecule has 0 radical (unpaired) electrons. The summed E-state index contributed by atoms with van der Waals surface area (Å²) >= 11 is 5.70. The van der Waals surface area contributed by atoms with E-state index in [9.17, 15) is 18.5 Å². The minimum absolute atomic E-state index is 0.0434. The monoisotopic (exact) mass is 306 g/mol. The normalized spacial score (nSPS) is 13.0. The number of rotatable bonds is 6. The van der Waals surface area contributed by atoms with Gasteiger partial charge < -0.3 is 5.32 Å². The predicted octanol–water partition coefficient (Wildman–Crippen LogP) is 2.48. The molecule has 0 aliphatic heterocycles. The summed E-state index contributed by atoms with van der Waals surface area (Å²) in [7, 11) is -3.14. The highest BCUT2D eigenvalue weighted by Crippen LogP contribution is 2.28. The minimum atomic E-state index is -3.14. The number of benzene rings is 1. The van der Waals surface area contributed by atoms with Crippen LogP contribution in [0.3, 0.4) is 0 Å². The molecule has 6 nitrogen and oxygen atoms in total. The Hall–Kier alpha value is -1.34. The van der Waals surface area contributed by atoms with Crippen LogP contribution in [0.2, 0.25) is 5.02 Å². The van der Waals surface area contributed by atoms with Gasteiger partial charge in [0.1, 0.15) is 5.69 Å². The Bertz CT molecular complexity index is 574. The number of nitro benzene ring substituents is 1. The maximum atomic E-state index is 11.5. The predicted molar refractivity (Wildman–Crippen MR) is 75.5 cm³/mol. The number of hydrogen-bond donors (Lipinski definition) is 1. The highest BCUT2D eigenvalue weighted by atomic mass is 35.5. The molecule has 0 aromatic heterocycles. The average Bonchev–Trinajstić information content (AvgIpc) is 2.30.